The van der Waals surface area contributed by atoms with Crippen LogP contribution >= 0.6 is 0 Å². The molecule has 0 amide bonds. The monoisotopic (exact) mass is 235 g/mol. The van der Waals surface area contributed by atoms with Gasteiger partial charge in [-0.3, -0.25) is 0 Å². The van der Waals surface area contributed by atoms with Gasteiger partial charge in [0.25, 0.3) is 0 Å². The average molecular weight is 235 g/mol. The molecule has 1 aliphatic rings. The fraction of sp³-hybridized carbons (Fsp3) is 0.176. The fourth-order valence-corrected chi connectivity index (χ4v) is 2.65. The van der Waals surface area contributed by atoms with Crippen LogP contribution in [0.25, 0.3) is 11.1 Å². The third kappa shape index (κ3) is 1.72. The number of likely N-dealkylation sites (N-methyl/N-ethyl adjacent to an activating group) is 1. The van der Waals surface area contributed by atoms with E-state index < -0.39 is 0 Å². The Morgan fingerprint density at radius 3 is 2.56 bits per heavy atom. The molecular weight excluding hydrogens is 218 g/mol. The molecule has 0 saturated heterocycles. The van der Waals surface area contributed by atoms with Crippen LogP contribution in [-0.4, -0.2) is 6.54 Å². The van der Waals surface area contributed by atoms with Gasteiger partial charge in [-0.25, -0.2) is 0 Å². The van der Waals surface area contributed by atoms with Gasteiger partial charge in [0.05, 0.1) is 0 Å². The van der Waals surface area contributed by atoms with Crippen LogP contribution in [-0.2, 0) is 6.42 Å². The minimum atomic E-state index is 0.984. The van der Waals surface area contributed by atoms with Crippen molar-refractivity contribution >= 4 is 5.69 Å². The summed E-state index contributed by atoms with van der Waals surface area (Å²) in [7, 11) is 0. The van der Waals surface area contributed by atoms with Gasteiger partial charge < -0.3 is 4.90 Å². The van der Waals surface area contributed by atoms with Crippen LogP contribution in [0.15, 0.2) is 60.8 Å². The smallest absolute Gasteiger partial charge is 0.0450 e. The van der Waals surface area contributed by atoms with Crippen molar-refractivity contribution < 1.29 is 0 Å². The second-order valence-corrected chi connectivity index (χ2v) is 4.70. The van der Waals surface area contributed by atoms with Crippen molar-refractivity contribution in [2.45, 2.75) is 13.3 Å². The highest BCUT2D eigenvalue weighted by Crippen LogP contribution is 2.36. The molecule has 2 aromatic rings. The predicted molar refractivity (Wildman–Crippen MR) is 77.7 cm³/mol. The second-order valence-electron chi connectivity index (χ2n) is 4.70. The highest BCUT2D eigenvalue weighted by Gasteiger charge is 2.21. The Balaban J connectivity index is 2.07. The van der Waals surface area contributed by atoms with Crippen LogP contribution in [0.3, 0.4) is 0 Å². The molecule has 0 unspecified atom stereocenters. The molecule has 0 atom stereocenters. The molecule has 2 aromatic carbocycles. The summed E-state index contributed by atoms with van der Waals surface area (Å²) in [5, 5.41) is 0. The maximum atomic E-state index is 4.15. The molecule has 0 spiro atoms. The van der Waals surface area contributed by atoms with Crippen molar-refractivity contribution in [1.29, 1.82) is 0 Å². The Kier molecular flexibility index (Phi) is 2.67. The predicted octanol–water partition coefficient (Wildman–Crippen LogP) is 4.25. The summed E-state index contributed by atoms with van der Waals surface area (Å²) in [4.78, 5) is 2.31. The van der Waals surface area contributed by atoms with Crippen molar-refractivity contribution in [2.75, 3.05) is 11.4 Å². The van der Waals surface area contributed by atoms with Crippen molar-refractivity contribution in [1.82, 2.24) is 0 Å². The summed E-state index contributed by atoms with van der Waals surface area (Å²) in [6.45, 7) is 7.32. The van der Waals surface area contributed by atoms with Gasteiger partial charge in [-0.1, -0.05) is 49.0 Å². The zero-order valence-electron chi connectivity index (χ0n) is 10.7. The van der Waals surface area contributed by atoms with E-state index in [1.165, 1.54) is 28.1 Å². The van der Waals surface area contributed by atoms with Gasteiger partial charge in [0.15, 0.2) is 0 Å². The summed E-state index contributed by atoms with van der Waals surface area (Å²) < 4.78 is 0. The summed E-state index contributed by atoms with van der Waals surface area (Å²) in [6, 6.07) is 17.3. The molecule has 90 valence electrons. The van der Waals surface area contributed by atoms with E-state index in [9.17, 15) is 0 Å². The molecule has 0 fully saturated rings. The third-order valence-corrected chi connectivity index (χ3v) is 3.58. The number of hydrogen-bond acceptors (Lipinski definition) is 1. The molecule has 1 nitrogen and oxygen atoms in total. The van der Waals surface area contributed by atoms with Gasteiger partial charge in [-0.15, -0.1) is 0 Å². The van der Waals surface area contributed by atoms with Gasteiger partial charge in [0.1, 0.15) is 0 Å². The molecule has 1 heteroatoms. The lowest BCUT2D eigenvalue weighted by Gasteiger charge is -2.18. The largest absolute Gasteiger partial charge is 0.345 e. The summed E-state index contributed by atoms with van der Waals surface area (Å²) >= 11 is 0. The van der Waals surface area contributed by atoms with E-state index in [1.807, 2.05) is 0 Å². The highest BCUT2D eigenvalue weighted by molar-refractivity contribution is 5.74. The Labute approximate surface area is 108 Å². The molecule has 18 heavy (non-hydrogen) atoms. The lowest BCUT2D eigenvalue weighted by molar-refractivity contribution is 0.972. The zero-order chi connectivity index (χ0) is 12.5. The fourth-order valence-electron chi connectivity index (χ4n) is 2.65. The number of allylic oxidation sites excluding steroid dienone is 1. The van der Waals surface area contributed by atoms with E-state index in [0.717, 1.165) is 13.0 Å². The Bertz CT molecular complexity index is 584. The number of hydrogen-bond donors (Lipinski definition) is 0. The minimum absolute atomic E-state index is 0.984. The molecule has 0 radical (unpaired) electrons. The Morgan fingerprint density at radius 1 is 1.06 bits per heavy atom. The first-order chi connectivity index (χ1) is 8.79. The number of nitrogens with zero attached hydrogens (tertiary/aromatic N) is 1. The zero-order valence-corrected chi connectivity index (χ0v) is 10.7. The highest BCUT2D eigenvalue weighted by atomic mass is 15.2. The summed E-state index contributed by atoms with van der Waals surface area (Å²) in [6.07, 6.45) is 0.984. The summed E-state index contributed by atoms with van der Waals surface area (Å²) in [5.74, 6) is 0. The van der Waals surface area contributed by atoms with Gasteiger partial charge in [0, 0.05) is 24.4 Å². The van der Waals surface area contributed by atoms with E-state index in [1.54, 1.807) is 0 Å². The SMILES string of the molecule is C=C1Cc2ccc(-c3ccccc3)cc2N1CC. The van der Waals surface area contributed by atoms with Crippen LogP contribution in [0.4, 0.5) is 5.69 Å². The first-order valence-electron chi connectivity index (χ1n) is 6.43. The lowest BCUT2D eigenvalue weighted by Crippen LogP contribution is -2.16. The maximum Gasteiger partial charge on any atom is 0.0450 e. The molecule has 0 bridgehead atoms. The number of anilines is 1. The normalized spacial score (nSPS) is 13.8. The third-order valence-electron chi connectivity index (χ3n) is 3.58. The molecule has 1 heterocycles. The van der Waals surface area contributed by atoms with Gasteiger partial charge in [0.2, 0.25) is 0 Å². The molecular formula is C17H17N. The van der Waals surface area contributed by atoms with Crippen LogP contribution in [0.1, 0.15) is 12.5 Å². The second kappa shape index (κ2) is 4.34. The quantitative estimate of drug-likeness (QED) is 0.752. The van der Waals surface area contributed by atoms with Crippen LogP contribution in [0.2, 0.25) is 0 Å². The van der Waals surface area contributed by atoms with Gasteiger partial charge in [-0.2, -0.15) is 0 Å². The standard InChI is InChI=1S/C17H17N/c1-3-18-13(2)11-16-10-9-15(12-17(16)18)14-7-5-4-6-8-14/h4-10,12H,2-3,11H2,1H3. The Hall–Kier alpha value is -2.02. The molecule has 3 rings (SSSR count). The van der Waals surface area contributed by atoms with E-state index in [2.05, 4.69) is 66.9 Å². The number of fused-ring (bicyclic) bond motifs is 1. The molecule has 0 aromatic heterocycles. The van der Waals surface area contributed by atoms with E-state index >= 15 is 0 Å². The van der Waals surface area contributed by atoms with Crippen LogP contribution < -0.4 is 4.90 Å². The molecule has 1 aliphatic heterocycles. The van der Waals surface area contributed by atoms with E-state index in [-0.39, 0.29) is 0 Å². The molecule has 0 aliphatic carbocycles. The topological polar surface area (TPSA) is 3.24 Å². The average Bonchev–Trinajstić information content (AvgIpc) is 2.74. The lowest BCUT2D eigenvalue weighted by atomic mass is 10.0. The van der Waals surface area contributed by atoms with Crippen LogP contribution in [0, 0.1) is 0 Å². The molecule has 0 saturated carbocycles. The van der Waals surface area contributed by atoms with Gasteiger partial charge >= 0.3 is 0 Å². The number of rotatable bonds is 2. The van der Waals surface area contributed by atoms with Crippen molar-refractivity contribution in [3.05, 3.63) is 66.4 Å². The van der Waals surface area contributed by atoms with Crippen molar-refractivity contribution in [2.24, 2.45) is 0 Å². The minimum Gasteiger partial charge on any atom is -0.345 e. The van der Waals surface area contributed by atoms with E-state index in [4.69, 9.17) is 0 Å². The first-order valence-corrected chi connectivity index (χ1v) is 6.43. The maximum absolute atomic E-state index is 4.15. The first kappa shape index (κ1) is 11.1. The van der Waals surface area contributed by atoms with Crippen molar-refractivity contribution in [3.8, 4) is 11.1 Å². The van der Waals surface area contributed by atoms with Gasteiger partial charge in [-0.05, 0) is 29.7 Å². The number of benzene rings is 2. The van der Waals surface area contributed by atoms with Crippen LogP contribution in [0.5, 0.6) is 0 Å². The van der Waals surface area contributed by atoms with E-state index in [0.29, 0.717) is 0 Å². The summed E-state index contributed by atoms with van der Waals surface area (Å²) in [5.41, 5.74) is 6.47. The molecule has 0 N–H and O–H groups in total. The van der Waals surface area contributed by atoms with Crippen molar-refractivity contribution in [3.63, 3.8) is 0 Å². The Morgan fingerprint density at radius 2 is 1.83 bits per heavy atom.